The standard InChI is InChI=1S/C20H33FN4O2.HI/c1-6-15(27-17-11-9-8-10-16(17)21)14-25-19(22-7-2)24-13-12-23-18(26)20(3,4)5;/h8-11,15H,6-7,12-14H2,1-5H3,(H,23,26)(H2,22,24,25);1H. The van der Waals surface area contributed by atoms with Crippen LogP contribution in [0.3, 0.4) is 0 Å². The van der Waals surface area contributed by atoms with Crippen LogP contribution in [0.1, 0.15) is 41.0 Å². The number of rotatable bonds is 9. The lowest BCUT2D eigenvalue weighted by molar-refractivity contribution is -0.128. The molecule has 0 saturated heterocycles. The van der Waals surface area contributed by atoms with Gasteiger partial charge in [-0.05, 0) is 25.5 Å². The van der Waals surface area contributed by atoms with Gasteiger partial charge in [0.25, 0.3) is 0 Å². The summed E-state index contributed by atoms with van der Waals surface area (Å²) in [5, 5.41) is 9.21. The zero-order valence-electron chi connectivity index (χ0n) is 17.5. The summed E-state index contributed by atoms with van der Waals surface area (Å²) < 4.78 is 19.5. The van der Waals surface area contributed by atoms with Crippen LogP contribution in [0.4, 0.5) is 4.39 Å². The van der Waals surface area contributed by atoms with Crippen LogP contribution in [0.15, 0.2) is 29.3 Å². The van der Waals surface area contributed by atoms with E-state index in [0.717, 1.165) is 0 Å². The molecule has 0 bridgehead atoms. The number of nitrogens with one attached hydrogen (secondary N) is 3. The van der Waals surface area contributed by atoms with Crippen LogP contribution in [0, 0.1) is 11.2 Å². The summed E-state index contributed by atoms with van der Waals surface area (Å²) in [6.07, 6.45) is 0.483. The van der Waals surface area contributed by atoms with E-state index >= 15 is 0 Å². The first-order valence-electron chi connectivity index (χ1n) is 9.49. The van der Waals surface area contributed by atoms with E-state index in [2.05, 4.69) is 20.9 Å². The lowest BCUT2D eigenvalue weighted by Crippen LogP contribution is -2.43. The first-order valence-corrected chi connectivity index (χ1v) is 9.49. The van der Waals surface area contributed by atoms with Gasteiger partial charge in [-0.2, -0.15) is 0 Å². The molecular weight excluding hydrogens is 474 g/mol. The number of amides is 1. The number of hydrogen-bond donors (Lipinski definition) is 3. The molecule has 1 aromatic rings. The zero-order chi connectivity index (χ0) is 20.3. The summed E-state index contributed by atoms with van der Waals surface area (Å²) in [5.74, 6) is 0.510. The van der Waals surface area contributed by atoms with Gasteiger partial charge in [-0.25, -0.2) is 9.38 Å². The topological polar surface area (TPSA) is 74.8 Å². The van der Waals surface area contributed by atoms with Crippen molar-refractivity contribution in [1.82, 2.24) is 16.0 Å². The van der Waals surface area contributed by atoms with Crippen molar-refractivity contribution in [1.29, 1.82) is 0 Å². The maximum atomic E-state index is 13.7. The molecule has 1 unspecified atom stereocenters. The Labute approximate surface area is 185 Å². The highest BCUT2D eigenvalue weighted by Gasteiger charge is 2.20. The van der Waals surface area contributed by atoms with E-state index in [1.54, 1.807) is 18.2 Å². The van der Waals surface area contributed by atoms with Crippen molar-refractivity contribution < 1.29 is 13.9 Å². The smallest absolute Gasteiger partial charge is 0.225 e. The predicted molar refractivity (Wildman–Crippen MR) is 123 cm³/mol. The molecule has 0 radical (unpaired) electrons. The highest BCUT2D eigenvalue weighted by molar-refractivity contribution is 14.0. The number of carbonyl (C=O) groups is 1. The van der Waals surface area contributed by atoms with Gasteiger partial charge < -0.3 is 20.7 Å². The molecule has 0 spiro atoms. The van der Waals surface area contributed by atoms with Gasteiger partial charge in [0, 0.05) is 25.0 Å². The van der Waals surface area contributed by atoms with E-state index in [4.69, 9.17) is 4.74 Å². The normalized spacial score (nSPS) is 12.6. The Balaban J connectivity index is 0.00000729. The second-order valence-corrected chi connectivity index (χ2v) is 7.23. The van der Waals surface area contributed by atoms with E-state index in [9.17, 15) is 9.18 Å². The Morgan fingerprint density at radius 3 is 2.36 bits per heavy atom. The number of para-hydroxylation sites is 1. The van der Waals surface area contributed by atoms with Crippen molar-refractivity contribution in [3.63, 3.8) is 0 Å². The minimum absolute atomic E-state index is 0. The third-order valence-electron chi connectivity index (χ3n) is 3.77. The maximum absolute atomic E-state index is 13.7. The molecule has 28 heavy (non-hydrogen) atoms. The zero-order valence-corrected chi connectivity index (χ0v) is 19.8. The molecule has 0 saturated carbocycles. The highest BCUT2D eigenvalue weighted by Crippen LogP contribution is 2.18. The summed E-state index contributed by atoms with van der Waals surface area (Å²) >= 11 is 0. The molecule has 3 N–H and O–H groups in total. The average Bonchev–Trinajstić information content (AvgIpc) is 2.62. The van der Waals surface area contributed by atoms with Crippen molar-refractivity contribution in [2.75, 3.05) is 26.2 Å². The SMILES string of the molecule is CCNC(=NCC(CC)Oc1ccccc1F)NCCNC(=O)C(C)(C)C.I. The summed E-state index contributed by atoms with van der Waals surface area (Å²) in [5.41, 5.74) is -0.406. The Bertz CT molecular complexity index is 620. The van der Waals surface area contributed by atoms with Gasteiger partial charge in [0.15, 0.2) is 17.5 Å². The first-order chi connectivity index (χ1) is 12.8. The largest absolute Gasteiger partial charge is 0.485 e. The molecule has 0 aliphatic rings. The lowest BCUT2D eigenvalue weighted by atomic mass is 9.96. The van der Waals surface area contributed by atoms with Gasteiger partial charge in [-0.15, -0.1) is 24.0 Å². The summed E-state index contributed by atoms with van der Waals surface area (Å²) in [6, 6.07) is 6.37. The third kappa shape index (κ3) is 10.1. The number of guanidine groups is 1. The molecule has 0 aliphatic carbocycles. The summed E-state index contributed by atoms with van der Waals surface area (Å²) in [7, 11) is 0. The quantitative estimate of drug-likeness (QED) is 0.207. The van der Waals surface area contributed by atoms with Crippen molar-refractivity contribution in [2.24, 2.45) is 10.4 Å². The van der Waals surface area contributed by atoms with Gasteiger partial charge in [-0.3, -0.25) is 4.79 Å². The minimum atomic E-state index is -0.406. The van der Waals surface area contributed by atoms with E-state index in [1.165, 1.54) is 6.07 Å². The number of nitrogens with zero attached hydrogens (tertiary/aromatic N) is 1. The van der Waals surface area contributed by atoms with Gasteiger partial charge in [0.05, 0.1) is 6.54 Å². The van der Waals surface area contributed by atoms with Crippen LogP contribution in [-0.2, 0) is 4.79 Å². The van der Waals surface area contributed by atoms with Crippen molar-refractivity contribution in [2.45, 2.75) is 47.1 Å². The van der Waals surface area contributed by atoms with Crippen molar-refractivity contribution in [3.05, 3.63) is 30.1 Å². The van der Waals surface area contributed by atoms with Gasteiger partial charge in [0.2, 0.25) is 5.91 Å². The maximum Gasteiger partial charge on any atom is 0.225 e. The second-order valence-electron chi connectivity index (χ2n) is 7.23. The molecule has 1 aromatic carbocycles. The molecule has 0 heterocycles. The Hall–Kier alpha value is -1.58. The number of benzene rings is 1. The van der Waals surface area contributed by atoms with Gasteiger partial charge in [0.1, 0.15) is 6.10 Å². The molecule has 1 rings (SSSR count). The minimum Gasteiger partial charge on any atom is -0.485 e. The average molecular weight is 508 g/mol. The Morgan fingerprint density at radius 2 is 1.79 bits per heavy atom. The molecule has 0 aromatic heterocycles. The van der Waals surface area contributed by atoms with E-state index in [-0.39, 0.29) is 47.6 Å². The molecule has 0 fully saturated rings. The monoisotopic (exact) mass is 508 g/mol. The number of hydrogen-bond acceptors (Lipinski definition) is 3. The predicted octanol–water partition coefficient (Wildman–Crippen LogP) is 3.32. The van der Waals surface area contributed by atoms with Gasteiger partial charge in [-0.1, -0.05) is 39.8 Å². The lowest BCUT2D eigenvalue weighted by Gasteiger charge is -2.19. The van der Waals surface area contributed by atoms with E-state index < -0.39 is 5.41 Å². The van der Waals surface area contributed by atoms with Crippen molar-refractivity contribution in [3.8, 4) is 5.75 Å². The molecule has 0 aliphatic heterocycles. The Kier molecular flexibility index (Phi) is 12.8. The number of halogens is 2. The number of carbonyl (C=O) groups excluding carboxylic acids is 1. The van der Waals surface area contributed by atoms with Gasteiger partial charge >= 0.3 is 0 Å². The number of aliphatic imine (C=N–C) groups is 1. The molecule has 6 nitrogen and oxygen atoms in total. The molecule has 8 heteroatoms. The molecule has 160 valence electrons. The fourth-order valence-electron chi connectivity index (χ4n) is 2.13. The fraction of sp³-hybridized carbons (Fsp3) is 0.600. The highest BCUT2D eigenvalue weighted by atomic mass is 127. The third-order valence-corrected chi connectivity index (χ3v) is 3.77. The molecular formula is C20H34FIN4O2. The second kappa shape index (κ2) is 13.6. The number of ether oxygens (including phenoxy) is 1. The van der Waals surface area contributed by atoms with Crippen LogP contribution in [0.5, 0.6) is 5.75 Å². The molecule has 1 amide bonds. The summed E-state index contributed by atoms with van der Waals surface area (Å²) in [6.45, 7) is 11.8. The van der Waals surface area contributed by atoms with Crippen LogP contribution < -0.4 is 20.7 Å². The summed E-state index contributed by atoms with van der Waals surface area (Å²) in [4.78, 5) is 16.4. The van der Waals surface area contributed by atoms with Crippen LogP contribution in [-0.4, -0.2) is 44.1 Å². The van der Waals surface area contributed by atoms with E-state index in [0.29, 0.717) is 38.6 Å². The van der Waals surface area contributed by atoms with Crippen LogP contribution >= 0.6 is 24.0 Å². The van der Waals surface area contributed by atoms with Crippen LogP contribution in [0.25, 0.3) is 0 Å². The van der Waals surface area contributed by atoms with E-state index in [1.807, 2.05) is 34.6 Å². The molecule has 1 atom stereocenters. The Morgan fingerprint density at radius 1 is 1.14 bits per heavy atom. The first kappa shape index (κ1) is 26.4. The fourth-order valence-corrected chi connectivity index (χ4v) is 2.13. The van der Waals surface area contributed by atoms with Crippen LogP contribution in [0.2, 0.25) is 0 Å². The van der Waals surface area contributed by atoms with Crippen molar-refractivity contribution >= 4 is 35.8 Å².